The first-order valence-electron chi connectivity index (χ1n) is 23.7. The van der Waals surface area contributed by atoms with E-state index in [-0.39, 0.29) is 5.41 Å². The smallest absolute Gasteiger partial charge is 0.0620 e. The van der Waals surface area contributed by atoms with E-state index in [9.17, 15) is 0 Å². The van der Waals surface area contributed by atoms with Gasteiger partial charge < -0.3 is 9.30 Å². The third-order valence-corrected chi connectivity index (χ3v) is 13.8. The van der Waals surface area contributed by atoms with Crippen LogP contribution in [0.25, 0.3) is 77.0 Å². The quantitative estimate of drug-likeness (QED) is 0.148. The normalized spacial score (nSPS) is 13.3. The van der Waals surface area contributed by atoms with E-state index in [4.69, 9.17) is 0 Å². The molecule has 64 heavy (non-hydrogen) atoms. The summed E-state index contributed by atoms with van der Waals surface area (Å²) in [5.74, 6) is 0. The molecule has 2 heterocycles. The topological polar surface area (TPSA) is 7.65 Å². The molecule has 8 aromatic carbocycles. The van der Waals surface area contributed by atoms with Crippen molar-refractivity contribution in [2.75, 3.05) is 11.4 Å². The molecule has 0 spiro atoms. The summed E-state index contributed by atoms with van der Waals surface area (Å²) in [6, 6.07) is 63.9. The molecule has 0 N–H and O–H groups in total. The minimum absolute atomic E-state index is 0.0683. The summed E-state index contributed by atoms with van der Waals surface area (Å²) in [5, 5.41) is 5.30. The zero-order chi connectivity index (χ0) is 44.1. The molecule has 12 rings (SSSR count). The lowest BCUT2D eigenvalue weighted by Gasteiger charge is -2.28. The lowest BCUT2D eigenvalue weighted by Crippen LogP contribution is -2.19. The summed E-state index contributed by atoms with van der Waals surface area (Å²) in [6.45, 7) is 15.8. The van der Waals surface area contributed by atoms with Crippen LogP contribution in [0.3, 0.4) is 0 Å². The number of rotatable bonds is 8. The summed E-state index contributed by atoms with van der Waals surface area (Å²) >= 11 is 0. The average molecular weight is 831 g/mol. The molecule has 2 aliphatic carbocycles. The van der Waals surface area contributed by atoms with Crippen molar-refractivity contribution in [2.45, 2.75) is 73.1 Å². The number of anilines is 2. The van der Waals surface area contributed by atoms with Gasteiger partial charge in [0.15, 0.2) is 0 Å². The highest BCUT2D eigenvalue weighted by Gasteiger charge is 2.37. The molecule has 316 valence electrons. The number of para-hydroxylation sites is 2. The van der Waals surface area contributed by atoms with Crippen molar-refractivity contribution in [3.8, 4) is 33.4 Å². The van der Waals surface area contributed by atoms with Crippen molar-refractivity contribution >= 4 is 55.0 Å². The van der Waals surface area contributed by atoms with Gasteiger partial charge in [0.1, 0.15) is 0 Å². The number of fused-ring (bicyclic) bond motifs is 12. The molecule has 0 saturated carbocycles. The van der Waals surface area contributed by atoms with Crippen LogP contribution in [-0.4, -0.2) is 10.9 Å². The molecule has 2 heteroatoms. The zero-order valence-corrected chi connectivity index (χ0v) is 38.5. The molecular formula is C62H58N2. The fourth-order valence-electron chi connectivity index (χ4n) is 11.0. The molecule has 0 saturated heterocycles. The Morgan fingerprint density at radius 3 is 2.05 bits per heavy atom. The first-order chi connectivity index (χ1) is 31.5. The number of aromatic nitrogens is 1. The maximum atomic E-state index is 2.58. The van der Waals surface area contributed by atoms with Crippen LogP contribution in [0.15, 0.2) is 176 Å². The van der Waals surface area contributed by atoms with E-state index in [0.717, 1.165) is 25.8 Å². The highest BCUT2D eigenvalue weighted by molar-refractivity contribution is 6.25. The van der Waals surface area contributed by atoms with Gasteiger partial charge in [0.05, 0.1) is 16.6 Å². The van der Waals surface area contributed by atoms with Crippen molar-refractivity contribution in [1.82, 2.24) is 4.40 Å². The van der Waals surface area contributed by atoms with Crippen LogP contribution in [-0.2, 0) is 11.8 Å². The molecule has 0 radical (unpaired) electrons. The van der Waals surface area contributed by atoms with Crippen LogP contribution in [0.2, 0.25) is 0 Å². The van der Waals surface area contributed by atoms with Gasteiger partial charge in [-0.05, 0) is 104 Å². The van der Waals surface area contributed by atoms with Gasteiger partial charge in [-0.2, -0.15) is 0 Å². The van der Waals surface area contributed by atoms with E-state index in [1.54, 1.807) is 0 Å². The molecule has 0 fully saturated rings. The Balaban J connectivity index is 0.00000118. The Bertz CT molecular complexity index is 3360. The third kappa shape index (κ3) is 6.37. The molecule has 0 amide bonds. The van der Waals surface area contributed by atoms with Crippen molar-refractivity contribution in [2.24, 2.45) is 0 Å². The van der Waals surface area contributed by atoms with Gasteiger partial charge in [0, 0.05) is 50.4 Å². The van der Waals surface area contributed by atoms with Crippen molar-refractivity contribution < 1.29 is 0 Å². The van der Waals surface area contributed by atoms with Gasteiger partial charge in [-0.25, -0.2) is 0 Å². The second kappa shape index (κ2) is 16.7. The van der Waals surface area contributed by atoms with E-state index >= 15 is 0 Å². The second-order valence-electron chi connectivity index (χ2n) is 17.5. The number of nitrogens with zero attached hydrogens (tertiary/aromatic N) is 2. The van der Waals surface area contributed by atoms with Gasteiger partial charge >= 0.3 is 0 Å². The summed E-state index contributed by atoms with van der Waals surface area (Å²) in [5.41, 5.74) is 22.6. The van der Waals surface area contributed by atoms with Crippen molar-refractivity contribution in [1.29, 1.82) is 0 Å². The predicted molar refractivity (Wildman–Crippen MR) is 278 cm³/mol. The van der Waals surface area contributed by atoms with Gasteiger partial charge in [-0.15, -0.1) is 0 Å². The third-order valence-electron chi connectivity index (χ3n) is 13.8. The molecule has 0 unspecified atom stereocenters. The second-order valence-corrected chi connectivity index (χ2v) is 17.5. The zero-order valence-electron chi connectivity index (χ0n) is 38.5. The fraction of sp³-hybridized carbons (Fsp3) is 0.194. The minimum atomic E-state index is -0.0683. The predicted octanol–water partition coefficient (Wildman–Crippen LogP) is 17.5. The highest BCUT2D eigenvalue weighted by Crippen LogP contribution is 2.53. The Hall–Kier alpha value is -6.90. The molecule has 2 aromatic heterocycles. The molecule has 2 aliphatic rings. The van der Waals surface area contributed by atoms with E-state index in [2.05, 4.69) is 206 Å². The summed E-state index contributed by atoms with van der Waals surface area (Å²) in [4.78, 5) is 2.58. The van der Waals surface area contributed by atoms with Crippen molar-refractivity contribution in [3.63, 3.8) is 0 Å². The lowest BCUT2D eigenvalue weighted by molar-refractivity contribution is 0.660. The standard InChI is InChI=1S/C58H46N2.2C2H6/c1-4-15-37(38-16-6-5-7-17-38)32-33-59(53-26-14-24-51-56(53)48-19-8-10-23-50(48)58(51,2)3)42-29-31-44-41(36-42)35-40-34-39(28-30-43(40)44)45-20-13-27-54-55(45)49-22-12-21-47-46-18-9-11-25-52(46)60(54)57(47)49;2*1-2/h5-14,16-32,34,36H,4,15,33,35H2,1-3H3;2*1-2H3/b37-32+;;. The molecular weight excluding hydrogens is 773 g/mol. The molecule has 2 nitrogen and oxygen atoms in total. The Kier molecular flexibility index (Phi) is 10.7. The Morgan fingerprint density at radius 1 is 0.578 bits per heavy atom. The first-order valence-corrected chi connectivity index (χ1v) is 23.7. The van der Waals surface area contributed by atoms with Gasteiger partial charge in [-0.3, -0.25) is 0 Å². The Labute approximate surface area is 379 Å². The monoisotopic (exact) mass is 830 g/mol. The fourth-order valence-corrected chi connectivity index (χ4v) is 11.0. The maximum absolute atomic E-state index is 2.58. The van der Waals surface area contributed by atoms with E-state index in [1.807, 2.05) is 27.7 Å². The summed E-state index contributed by atoms with van der Waals surface area (Å²) in [7, 11) is 0. The van der Waals surface area contributed by atoms with Crippen LogP contribution >= 0.6 is 0 Å². The molecule has 0 bridgehead atoms. The van der Waals surface area contributed by atoms with Crippen LogP contribution in [0, 0.1) is 0 Å². The van der Waals surface area contributed by atoms with Crippen LogP contribution in [0.5, 0.6) is 0 Å². The van der Waals surface area contributed by atoms with Crippen LogP contribution < -0.4 is 4.90 Å². The summed E-state index contributed by atoms with van der Waals surface area (Å²) < 4.78 is 2.48. The largest absolute Gasteiger partial charge is 0.337 e. The highest BCUT2D eigenvalue weighted by atomic mass is 15.1. The number of hydrogen-bond donors (Lipinski definition) is 0. The number of benzene rings is 8. The van der Waals surface area contributed by atoms with Gasteiger partial charge in [-0.1, -0.05) is 200 Å². The van der Waals surface area contributed by atoms with Gasteiger partial charge in [0.2, 0.25) is 0 Å². The van der Waals surface area contributed by atoms with Crippen molar-refractivity contribution in [3.05, 3.63) is 204 Å². The van der Waals surface area contributed by atoms with Crippen LogP contribution in [0.1, 0.15) is 89.1 Å². The lowest BCUT2D eigenvalue weighted by atomic mass is 9.82. The number of allylic oxidation sites excluding steroid dienone is 1. The Morgan fingerprint density at radius 2 is 1.22 bits per heavy atom. The average Bonchev–Trinajstić information content (AvgIpc) is 4.07. The molecule has 0 aliphatic heterocycles. The summed E-state index contributed by atoms with van der Waals surface area (Å²) in [6.07, 6.45) is 5.55. The van der Waals surface area contributed by atoms with E-state index < -0.39 is 0 Å². The maximum Gasteiger partial charge on any atom is 0.0620 e. The molecule has 0 atom stereocenters. The minimum Gasteiger partial charge on any atom is -0.337 e. The van der Waals surface area contributed by atoms with E-state index in [1.165, 1.54) is 116 Å². The first kappa shape index (κ1) is 41.1. The van der Waals surface area contributed by atoms with Gasteiger partial charge in [0.25, 0.3) is 0 Å². The number of hydrogen-bond acceptors (Lipinski definition) is 1. The SMILES string of the molecule is CC.CC.CCC/C(=C\CN(c1ccc2c(c1)Cc1cc(-c3cccc4c3c3cccc5c6ccccc6n4c53)ccc1-2)c1cccc2c1-c1ccccc1C2(C)C)c1ccccc1. The van der Waals surface area contributed by atoms with E-state index in [0.29, 0.717) is 0 Å². The van der Waals surface area contributed by atoms with Crippen LogP contribution in [0.4, 0.5) is 11.4 Å². The molecule has 10 aromatic rings.